The third-order valence-corrected chi connectivity index (χ3v) is 2.03. The Morgan fingerprint density at radius 3 is 2.85 bits per heavy atom. The average Bonchev–Trinajstić information content (AvgIpc) is 2.02. The van der Waals surface area contributed by atoms with Crippen molar-refractivity contribution in [3.05, 3.63) is 29.2 Å². The zero-order valence-corrected chi connectivity index (χ0v) is 7.71. The molecule has 0 radical (unpaired) electrons. The van der Waals surface area contributed by atoms with Crippen molar-refractivity contribution in [1.29, 1.82) is 0 Å². The maximum Gasteiger partial charge on any atom is 0.140 e. The maximum absolute atomic E-state index is 9.21. The molecule has 1 aromatic carbocycles. The van der Waals surface area contributed by atoms with Gasteiger partial charge in [0.25, 0.3) is 0 Å². The van der Waals surface area contributed by atoms with Crippen molar-refractivity contribution in [3.63, 3.8) is 0 Å². The van der Waals surface area contributed by atoms with Crippen molar-refractivity contribution in [2.75, 3.05) is 0 Å². The largest absolute Gasteiger partial charge is 0.508 e. The number of halogens is 1. The summed E-state index contributed by atoms with van der Waals surface area (Å²) in [5.74, 6) is 0.782. The summed E-state index contributed by atoms with van der Waals surface area (Å²) in [5, 5.41) is 10.4. The van der Waals surface area contributed by atoms with E-state index in [0.717, 1.165) is 5.39 Å². The molecule has 0 aliphatic carbocycles. The molecule has 2 rings (SSSR count). The highest BCUT2D eigenvalue weighted by Gasteiger charge is 2.03. The first-order chi connectivity index (χ1) is 6.16. The molecule has 0 amide bonds. The number of hydrogen-bond acceptors (Lipinski definition) is 3. The lowest BCUT2D eigenvalue weighted by atomic mass is 10.2. The van der Waals surface area contributed by atoms with E-state index in [2.05, 4.69) is 9.97 Å². The maximum atomic E-state index is 9.21. The lowest BCUT2D eigenvalue weighted by molar-refractivity contribution is 0.476. The third-order valence-electron chi connectivity index (χ3n) is 1.75. The van der Waals surface area contributed by atoms with Crippen molar-refractivity contribution in [2.24, 2.45) is 0 Å². The highest BCUT2D eigenvalue weighted by atomic mass is 35.5. The zero-order valence-electron chi connectivity index (χ0n) is 6.95. The van der Waals surface area contributed by atoms with Gasteiger partial charge in [-0.25, -0.2) is 9.97 Å². The van der Waals surface area contributed by atoms with Gasteiger partial charge in [0.1, 0.15) is 16.7 Å². The van der Waals surface area contributed by atoms with Gasteiger partial charge in [0, 0.05) is 11.5 Å². The first-order valence-electron chi connectivity index (χ1n) is 3.80. The van der Waals surface area contributed by atoms with E-state index in [-0.39, 0.29) is 5.75 Å². The van der Waals surface area contributed by atoms with Crippen molar-refractivity contribution in [1.82, 2.24) is 9.97 Å². The molecule has 1 aromatic heterocycles. The first kappa shape index (κ1) is 8.26. The molecule has 0 aliphatic rings. The molecule has 0 fully saturated rings. The van der Waals surface area contributed by atoms with Crippen molar-refractivity contribution < 1.29 is 5.11 Å². The Morgan fingerprint density at radius 1 is 1.31 bits per heavy atom. The summed E-state index contributed by atoms with van der Waals surface area (Å²) in [7, 11) is 0. The Labute approximate surface area is 80.0 Å². The van der Waals surface area contributed by atoms with Gasteiger partial charge in [-0.1, -0.05) is 11.6 Å². The number of aromatic nitrogens is 2. The molecule has 0 bridgehead atoms. The highest BCUT2D eigenvalue weighted by Crippen LogP contribution is 2.23. The van der Waals surface area contributed by atoms with Crippen molar-refractivity contribution in [3.8, 4) is 5.75 Å². The zero-order chi connectivity index (χ0) is 9.42. The van der Waals surface area contributed by atoms with E-state index in [1.165, 1.54) is 0 Å². The number of aryl methyl sites for hydroxylation is 1. The van der Waals surface area contributed by atoms with Gasteiger partial charge in [0.05, 0.1) is 5.52 Å². The van der Waals surface area contributed by atoms with E-state index in [9.17, 15) is 5.11 Å². The highest BCUT2D eigenvalue weighted by molar-refractivity contribution is 6.34. The summed E-state index contributed by atoms with van der Waals surface area (Å²) in [6.45, 7) is 1.76. The Bertz CT molecular complexity index is 465. The molecular weight excluding hydrogens is 188 g/mol. The number of rotatable bonds is 0. The van der Waals surface area contributed by atoms with Crippen LogP contribution in [0.3, 0.4) is 0 Å². The smallest absolute Gasteiger partial charge is 0.140 e. The van der Waals surface area contributed by atoms with E-state index in [0.29, 0.717) is 16.5 Å². The predicted octanol–water partition coefficient (Wildman–Crippen LogP) is 2.30. The van der Waals surface area contributed by atoms with Crippen LogP contribution in [0.25, 0.3) is 10.9 Å². The molecule has 0 unspecified atom stereocenters. The third kappa shape index (κ3) is 1.42. The number of phenols is 1. The number of nitrogens with zero attached hydrogens (tertiary/aromatic N) is 2. The van der Waals surface area contributed by atoms with E-state index >= 15 is 0 Å². The van der Waals surface area contributed by atoms with E-state index < -0.39 is 0 Å². The predicted molar refractivity (Wildman–Crippen MR) is 50.9 cm³/mol. The molecule has 2 aromatic rings. The molecule has 0 atom stereocenters. The van der Waals surface area contributed by atoms with Crippen LogP contribution in [0, 0.1) is 6.92 Å². The summed E-state index contributed by atoms with van der Waals surface area (Å²) >= 11 is 5.88. The van der Waals surface area contributed by atoms with E-state index in [1.807, 2.05) is 0 Å². The van der Waals surface area contributed by atoms with Gasteiger partial charge in [0.2, 0.25) is 0 Å². The molecular formula is C9H7ClN2O. The lowest BCUT2D eigenvalue weighted by Gasteiger charge is -2.00. The average molecular weight is 195 g/mol. The molecule has 4 heteroatoms. The fourth-order valence-corrected chi connectivity index (χ4v) is 1.47. The minimum atomic E-state index is 0.182. The van der Waals surface area contributed by atoms with Crippen LogP contribution in [0.5, 0.6) is 5.75 Å². The Morgan fingerprint density at radius 2 is 2.08 bits per heavy atom. The summed E-state index contributed by atoms with van der Waals surface area (Å²) in [5.41, 5.74) is 0.664. The van der Waals surface area contributed by atoms with Crippen LogP contribution < -0.4 is 0 Å². The van der Waals surface area contributed by atoms with Crippen LogP contribution in [0.2, 0.25) is 5.15 Å². The number of benzene rings is 1. The van der Waals surface area contributed by atoms with Gasteiger partial charge in [-0.2, -0.15) is 0 Å². The van der Waals surface area contributed by atoms with Crippen molar-refractivity contribution in [2.45, 2.75) is 6.92 Å². The minimum Gasteiger partial charge on any atom is -0.508 e. The molecule has 1 heterocycles. The van der Waals surface area contributed by atoms with Crippen molar-refractivity contribution >= 4 is 22.5 Å². The second kappa shape index (κ2) is 2.85. The second-order valence-corrected chi connectivity index (χ2v) is 3.12. The SMILES string of the molecule is Cc1nc(Cl)c2ccc(O)cc2n1. The number of hydrogen-bond donors (Lipinski definition) is 1. The molecule has 3 nitrogen and oxygen atoms in total. The summed E-state index contributed by atoms with van der Waals surface area (Å²) in [6, 6.07) is 4.83. The number of aromatic hydroxyl groups is 1. The fourth-order valence-electron chi connectivity index (χ4n) is 1.19. The molecule has 0 saturated carbocycles. The van der Waals surface area contributed by atoms with Crippen LogP contribution >= 0.6 is 11.6 Å². The summed E-state index contributed by atoms with van der Waals surface area (Å²) < 4.78 is 0. The van der Waals surface area contributed by atoms with Gasteiger partial charge >= 0.3 is 0 Å². The summed E-state index contributed by atoms with van der Waals surface area (Å²) in [6.07, 6.45) is 0. The monoisotopic (exact) mass is 194 g/mol. The Hall–Kier alpha value is -1.35. The summed E-state index contributed by atoms with van der Waals surface area (Å²) in [4.78, 5) is 8.15. The van der Waals surface area contributed by atoms with E-state index in [4.69, 9.17) is 11.6 Å². The van der Waals surface area contributed by atoms with Gasteiger partial charge in [-0.05, 0) is 19.1 Å². The van der Waals surface area contributed by atoms with Gasteiger partial charge in [0.15, 0.2) is 0 Å². The molecule has 1 N–H and O–H groups in total. The van der Waals surface area contributed by atoms with Gasteiger partial charge in [-0.3, -0.25) is 0 Å². The molecule has 0 aliphatic heterocycles. The number of phenolic OH excluding ortho intramolecular Hbond substituents is 1. The normalized spacial score (nSPS) is 10.6. The number of fused-ring (bicyclic) bond motifs is 1. The van der Waals surface area contributed by atoms with E-state index in [1.54, 1.807) is 25.1 Å². The first-order valence-corrected chi connectivity index (χ1v) is 4.17. The van der Waals surface area contributed by atoms with Crippen LogP contribution in [-0.4, -0.2) is 15.1 Å². The molecule has 0 spiro atoms. The van der Waals surface area contributed by atoms with Gasteiger partial charge in [-0.15, -0.1) is 0 Å². The topological polar surface area (TPSA) is 46.0 Å². The van der Waals surface area contributed by atoms with Crippen LogP contribution in [0.4, 0.5) is 0 Å². The Kier molecular flexibility index (Phi) is 1.81. The molecule has 66 valence electrons. The lowest BCUT2D eigenvalue weighted by Crippen LogP contribution is -1.89. The molecule has 0 saturated heterocycles. The fraction of sp³-hybridized carbons (Fsp3) is 0.111. The van der Waals surface area contributed by atoms with Crippen LogP contribution in [-0.2, 0) is 0 Å². The van der Waals surface area contributed by atoms with Gasteiger partial charge < -0.3 is 5.11 Å². The standard InChI is InChI=1S/C9H7ClN2O/c1-5-11-8-4-6(13)2-3-7(8)9(10)12-5/h2-4,13H,1H3. The minimum absolute atomic E-state index is 0.182. The van der Waals surface area contributed by atoms with Crippen LogP contribution in [0.1, 0.15) is 5.82 Å². The quantitative estimate of drug-likeness (QED) is 0.655. The van der Waals surface area contributed by atoms with Crippen LogP contribution in [0.15, 0.2) is 18.2 Å². The Balaban J connectivity index is 2.86. The molecule has 13 heavy (non-hydrogen) atoms. The second-order valence-electron chi connectivity index (χ2n) is 2.76.